The van der Waals surface area contributed by atoms with E-state index in [4.69, 9.17) is 0 Å². The van der Waals surface area contributed by atoms with Crippen molar-refractivity contribution in [1.82, 2.24) is 0 Å². The van der Waals surface area contributed by atoms with Crippen LogP contribution >= 0.6 is 8.58 Å². The van der Waals surface area contributed by atoms with E-state index < -0.39 is 0 Å². The molecule has 0 aliphatic heterocycles. The van der Waals surface area contributed by atoms with E-state index in [1.54, 1.807) is 0 Å². The van der Waals surface area contributed by atoms with E-state index in [1.165, 1.54) is 27.6 Å². The molecule has 0 bridgehead atoms. The van der Waals surface area contributed by atoms with Crippen LogP contribution in [0.5, 0.6) is 0 Å². The number of hydrogen-bond donors (Lipinski definition) is 0. The molecule has 0 amide bonds. The first-order valence-corrected chi connectivity index (χ1v) is 9.51. The number of hydrogen-bond acceptors (Lipinski definition) is 1. The van der Waals surface area contributed by atoms with Gasteiger partial charge in [-0.15, -0.1) is 0 Å². The van der Waals surface area contributed by atoms with E-state index in [0.717, 1.165) is 16.7 Å². The fourth-order valence-electron chi connectivity index (χ4n) is 3.31. The van der Waals surface area contributed by atoms with Crippen LogP contribution in [0.1, 0.15) is 64.5 Å². The molecule has 0 fully saturated rings. The molecule has 0 aromatic heterocycles. The van der Waals surface area contributed by atoms with Gasteiger partial charge in [0.15, 0.2) is 5.52 Å². The molecule has 0 radical (unpaired) electrons. The molecule has 0 heterocycles. The Morgan fingerprint density at radius 3 is 1.64 bits per heavy atom. The molecule has 0 aliphatic rings. The summed E-state index contributed by atoms with van der Waals surface area (Å²) in [6.07, 6.45) is 0. The van der Waals surface area contributed by atoms with Gasteiger partial charge in [-0.05, 0) is 81.7 Å². The minimum atomic E-state index is 0. The third-order valence-electron chi connectivity index (χ3n) is 4.54. The van der Waals surface area contributed by atoms with Crippen molar-refractivity contribution in [2.45, 2.75) is 60.8 Å². The SMILES string of the molecule is Cc1cc(C)c(C(=O)Pc2c(C)cc(C(C)(C)C)cc2C)c(C)c1.[LiH]. The Morgan fingerprint density at radius 1 is 0.800 bits per heavy atom. The van der Waals surface area contributed by atoms with Crippen LogP contribution in [0.25, 0.3) is 0 Å². The first kappa shape index (κ1) is 22.2. The molecule has 0 N–H and O–H groups in total. The van der Waals surface area contributed by atoms with Crippen molar-refractivity contribution in [3.05, 3.63) is 63.2 Å². The zero-order valence-electron chi connectivity index (χ0n) is 16.2. The second kappa shape index (κ2) is 8.22. The molecule has 1 atom stereocenters. The maximum absolute atomic E-state index is 13.0. The number of aryl methyl sites for hydroxylation is 5. The van der Waals surface area contributed by atoms with Gasteiger partial charge in [0.25, 0.3) is 0 Å². The number of rotatable bonds is 3. The summed E-state index contributed by atoms with van der Waals surface area (Å²) in [5.41, 5.74) is 8.47. The molecular weight excluding hydrogens is 318 g/mol. The summed E-state index contributed by atoms with van der Waals surface area (Å²) >= 11 is 0. The third-order valence-corrected chi connectivity index (χ3v) is 6.06. The van der Waals surface area contributed by atoms with Crippen LogP contribution in [0.3, 0.4) is 0 Å². The summed E-state index contributed by atoms with van der Waals surface area (Å²) in [4.78, 5) is 13.0. The number of benzene rings is 2. The van der Waals surface area contributed by atoms with Gasteiger partial charge < -0.3 is 0 Å². The average Bonchev–Trinajstić information content (AvgIpc) is 2.40. The molecule has 2 aromatic carbocycles. The Labute approximate surface area is 167 Å². The van der Waals surface area contributed by atoms with Gasteiger partial charge in [0, 0.05) is 5.56 Å². The van der Waals surface area contributed by atoms with Crippen LogP contribution in [0.4, 0.5) is 0 Å². The van der Waals surface area contributed by atoms with Crippen LogP contribution in [0.2, 0.25) is 0 Å². The second-order valence-corrected chi connectivity index (χ2v) is 9.17. The van der Waals surface area contributed by atoms with E-state index in [-0.39, 0.29) is 38.4 Å². The van der Waals surface area contributed by atoms with Crippen molar-refractivity contribution in [1.29, 1.82) is 0 Å². The van der Waals surface area contributed by atoms with Crippen LogP contribution in [-0.4, -0.2) is 24.4 Å². The van der Waals surface area contributed by atoms with Crippen molar-refractivity contribution in [3.8, 4) is 0 Å². The minimum absolute atomic E-state index is 0. The van der Waals surface area contributed by atoms with Gasteiger partial charge in [0.2, 0.25) is 0 Å². The fraction of sp³-hybridized carbons (Fsp3) is 0.409. The van der Waals surface area contributed by atoms with E-state index in [2.05, 4.69) is 65.8 Å². The van der Waals surface area contributed by atoms with Gasteiger partial charge in [0.05, 0.1) is 0 Å². The Bertz CT molecular complexity index is 754. The zero-order chi connectivity index (χ0) is 18.2. The van der Waals surface area contributed by atoms with Crippen molar-refractivity contribution < 1.29 is 4.79 Å². The van der Waals surface area contributed by atoms with Crippen molar-refractivity contribution in [2.24, 2.45) is 0 Å². The predicted molar refractivity (Wildman–Crippen MR) is 115 cm³/mol. The molecule has 0 saturated carbocycles. The monoisotopic (exact) mass is 348 g/mol. The van der Waals surface area contributed by atoms with E-state index in [9.17, 15) is 4.79 Å². The quantitative estimate of drug-likeness (QED) is 0.562. The molecule has 25 heavy (non-hydrogen) atoms. The fourth-order valence-corrected chi connectivity index (χ4v) is 4.59. The summed E-state index contributed by atoms with van der Waals surface area (Å²) in [5.74, 6) is 0. The Hall–Kier alpha value is -0.863. The van der Waals surface area contributed by atoms with Crippen LogP contribution in [0.15, 0.2) is 24.3 Å². The molecule has 2 rings (SSSR count). The van der Waals surface area contributed by atoms with E-state index in [0.29, 0.717) is 0 Å². The molecule has 3 heteroatoms. The predicted octanol–water partition coefficient (Wildman–Crippen LogP) is 5.02. The standard InChI is InChI=1S/C22H29OP.Li.H/c1-13-9-14(2)19(15(3)10-13)21(23)24-20-16(4)11-18(12-17(20)5)22(6,7)8;;/h9-12,24H,1-8H3;;. The van der Waals surface area contributed by atoms with Gasteiger partial charge in [-0.1, -0.05) is 50.6 Å². The molecule has 0 saturated heterocycles. The molecular formula is C22H30LiOP. The second-order valence-electron chi connectivity index (χ2n) is 7.96. The first-order chi connectivity index (χ1) is 11.0. The molecule has 1 nitrogen and oxygen atoms in total. The van der Waals surface area contributed by atoms with E-state index in [1.807, 2.05) is 13.8 Å². The molecule has 1 unspecified atom stereocenters. The maximum atomic E-state index is 13.0. The molecule has 130 valence electrons. The van der Waals surface area contributed by atoms with Crippen LogP contribution < -0.4 is 5.30 Å². The van der Waals surface area contributed by atoms with Crippen molar-refractivity contribution in [3.63, 3.8) is 0 Å². The Kier molecular flexibility index (Phi) is 7.29. The first-order valence-electron chi connectivity index (χ1n) is 8.51. The van der Waals surface area contributed by atoms with Gasteiger partial charge in [-0.2, -0.15) is 0 Å². The van der Waals surface area contributed by atoms with E-state index >= 15 is 0 Å². The van der Waals surface area contributed by atoms with Gasteiger partial charge in [-0.25, -0.2) is 0 Å². The van der Waals surface area contributed by atoms with Crippen LogP contribution in [-0.2, 0) is 5.41 Å². The van der Waals surface area contributed by atoms with Gasteiger partial charge in [-0.3, -0.25) is 4.79 Å². The Balaban J connectivity index is 0.00000312. The molecule has 0 spiro atoms. The molecule has 2 aromatic rings. The zero-order valence-corrected chi connectivity index (χ0v) is 17.2. The van der Waals surface area contributed by atoms with Gasteiger partial charge in [0.1, 0.15) is 0 Å². The summed E-state index contributed by atoms with van der Waals surface area (Å²) in [6, 6.07) is 8.70. The summed E-state index contributed by atoms with van der Waals surface area (Å²) in [7, 11) is 0.184. The number of carbonyl (C=O) groups excluding carboxylic acids is 1. The summed E-state index contributed by atoms with van der Waals surface area (Å²) in [5, 5.41) is 1.20. The van der Waals surface area contributed by atoms with Gasteiger partial charge >= 0.3 is 18.9 Å². The average molecular weight is 348 g/mol. The molecule has 0 aliphatic carbocycles. The number of carbonyl (C=O) groups is 1. The summed E-state index contributed by atoms with van der Waals surface area (Å²) < 4.78 is 0. The third kappa shape index (κ3) is 5.07. The summed E-state index contributed by atoms with van der Waals surface area (Å²) in [6.45, 7) is 17.1. The normalized spacial score (nSPS) is 11.7. The Morgan fingerprint density at radius 2 is 1.24 bits per heavy atom. The van der Waals surface area contributed by atoms with Crippen LogP contribution in [0, 0.1) is 34.6 Å². The topological polar surface area (TPSA) is 17.1 Å². The van der Waals surface area contributed by atoms with Crippen molar-refractivity contribution in [2.75, 3.05) is 0 Å². The van der Waals surface area contributed by atoms with Crippen molar-refractivity contribution >= 4 is 38.3 Å².